The molecule has 0 aliphatic heterocycles. The molecule has 1 N–H and O–H groups in total. The smallest absolute Gasteiger partial charge is 0.211 e. The lowest BCUT2D eigenvalue weighted by atomic mass is 9.88. The highest BCUT2D eigenvalue weighted by molar-refractivity contribution is 7.89. The van der Waals surface area contributed by atoms with Crippen molar-refractivity contribution in [3.05, 3.63) is 65.2 Å². The van der Waals surface area contributed by atoms with Crippen molar-refractivity contribution in [2.24, 2.45) is 5.41 Å². The third-order valence-electron chi connectivity index (χ3n) is 3.52. The van der Waals surface area contributed by atoms with Crippen LogP contribution in [0.4, 0.5) is 0 Å². The first-order valence-corrected chi connectivity index (χ1v) is 10.1. The maximum Gasteiger partial charge on any atom is 0.240 e. The van der Waals surface area contributed by atoms with E-state index in [1.54, 1.807) is 31.2 Å². The molecule has 138 valence electrons. The van der Waals surface area contributed by atoms with Crippen molar-refractivity contribution in [3.63, 3.8) is 0 Å². The molecule has 2 rings (SSSR count). The predicted molar refractivity (Wildman–Crippen MR) is 106 cm³/mol. The van der Waals surface area contributed by atoms with Gasteiger partial charge in [0.15, 0.2) is 0 Å². The first kappa shape index (κ1) is 21.4. The van der Waals surface area contributed by atoms with Crippen LogP contribution in [-0.2, 0) is 16.4 Å². The van der Waals surface area contributed by atoms with Gasteiger partial charge in [0, 0.05) is 6.54 Å². The molecular formula is C21H31NO2S. The lowest BCUT2D eigenvalue weighted by Crippen LogP contribution is -2.22. The number of aryl methyl sites for hydroxylation is 2. The van der Waals surface area contributed by atoms with Gasteiger partial charge in [0.2, 0.25) is 10.0 Å². The van der Waals surface area contributed by atoms with Crippen molar-refractivity contribution in [1.82, 2.24) is 4.72 Å². The molecule has 2 aromatic rings. The molecule has 0 saturated carbocycles. The van der Waals surface area contributed by atoms with Gasteiger partial charge in [0.05, 0.1) is 4.90 Å². The van der Waals surface area contributed by atoms with Gasteiger partial charge in [0.1, 0.15) is 0 Å². The Morgan fingerprint density at radius 2 is 1.28 bits per heavy atom. The molecule has 0 unspecified atom stereocenters. The molecular weight excluding hydrogens is 330 g/mol. The minimum Gasteiger partial charge on any atom is -0.211 e. The van der Waals surface area contributed by atoms with Crippen LogP contribution in [0.5, 0.6) is 0 Å². The Hall–Kier alpha value is -1.65. The fourth-order valence-electron chi connectivity index (χ4n) is 2.31. The molecule has 0 fully saturated rings. The van der Waals surface area contributed by atoms with E-state index in [0.29, 0.717) is 16.9 Å². The largest absolute Gasteiger partial charge is 0.240 e. The van der Waals surface area contributed by atoms with E-state index in [-0.39, 0.29) is 0 Å². The Morgan fingerprint density at radius 1 is 0.840 bits per heavy atom. The second kappa shape index (κ2) is 9.16. The molecule has 0 heterocycles. The van der Waals surface area contributed by atoms with Crippen LogP contribution in [0.1, 0.15) is 44.4 Å². The fourth-order valence-corrected chi connectivity index (χ4v) is 3.35. The molecule has 0 aromatic heterocycles. The predicted octanol–water partition coefficient (Wildman–Crippen LogP) is 4.88. The lowest BCUT2D eigenvalue weighted by Gasteiger charge is -2.17. The maximum atomic E-state index is 11.4. The minimum absolute atomic E-state index is 0.319. The van der Waals surface area contributed by atoms with E-state index in [2.05, 4.69) is 56.7 Å². The average Bonchev–Trinajstić information content (AvgIpc) is 2.49. The summed E-state index contributed by atoms with van der Waals surface area (Å²) in [5, 5.41) is 0. The second-order valence-corrected chi connectivity index (χ2v) is 9.30. The van der Waals surface area contributed by atoms with Gasteiger partial charge < -0.3 is 0 Å². The average molecular weight is 362 g/mol. The molecule has 0 aliphatic rings. The highest BCUT2D eigenvalue weighted by atomic mass is 32.2. The van der Waals surface area contributed by atoms with Crippen LogP contribution in [0.2, 0.25) is 0 Å². The standard InChI is InChI=1S/C12H18.C9H13NO2S/c1-10-5-7-11(8-6-10)9-12(2,3)4;1-3-10-13(11,12)9-6-4-8(2)5-7-9/h5-8H,9H2,1-4H3;4-7,10H,3H2,1-2H3. The number of hydrogen-bond donors (Lipinski definition) is 1. The van der Waals surface area contributed by atoms with Gasteiger partial charge in [-0.1, -0.05) is 75.2 Å². The number of sulfonamides is 1. The molecule has 0 radical (unpaired) electrons. The van der Waals surface area contributed by atoms with Gasteiger partial charge in [-0.15, -0.1) is 0 Å². The van der Waals surface area contributed by atoms with Crippen molar-refractivity contribution in [3.8, 4) is 0 Å². The molecule has 0 atom stereocenters. The molecule has 0 amide bonds. The molecule has 0 spiro atoms. The Morgan fingerprint density at radius 3 is 1.68 bits per heavy atom. The van der Waals surface area contributed by atoms with Crippen LogP contribution in [0, 0.1) is 19.3 Å². The summed E-state index contributed by atoms with van der Waals surface area (Å²) >= 11 is 0. The first-order chi connectivity index (χ1) is 11.5. The van der Waals surface area contributed by atoms with Gasteiger partial charge in [-0.05, 0) is 43.4 Å². The Balaban J connectivity index is 0.000000251. The molecule has 0 aliphatic carbocycles. The zero-order valence-corrected chi connectivity index (χ0v) is 17.1. The highest BCUT2D eigenvalue weighted by Gasteiger charge is 2.11. The molecule has 25 heavy (non-hydrogen) atoms. The quantitative estimate of drug-likeness (QED) is 0.844. The van der Waals surface area contributed by atoms with E-state index >= 15 is 0 Å². The summed E-state index contributed by atoms with van der Waals surface area (Å²) in [7, 11) is -3.28. The Kier molecular flexibility index (Phi) is 7.84. The van der Waals surface area contributed by atoms with E-state index in [4.69, 9.17) is 0 Å². The van der Waals surface area contributed by atoms with Crippen molar-refractivity contribution < 1.29 is 8.42 Å². The zero-order valence-electron chi connectivity index (χ0n) is 16.3. The number of hydrogen-bond acceptors (Lipinski definition) is 2. The van der Waals surface area contributed by atoms with Crippen molar-refractivity contribution in [1.29, 1.82) is 0 Å². The summed E-state index contributed by atoms with van der Waals surface area (Å²) in [4.78, 5) is 0.319. The number of benzene rings is 2. The summed E-state index contributed by atoms with van der Waals surface area (Å²) in [6.45, 7) is 13.0. The Labute approximate surface area is 153 Å². The van der Waals surface area contributed by atoms with Crippen LogP contribution >= 0.6 is 0 Å². The van der Waals surface area contributed by atoms with E-state index in [0.717, 1.165) is 12.0 Å². The molecule has 0 bridgehead atoms. The monoisotopic (exact) mass is 361 g/mol. The number of rotatable bonds is 4. The van der Waals surface area contributed by atoms with Crippen LogP contribution in [0.15, 0.2) is 53.4 Å². The van der Waals surface area contributed by atoms with Crippen LogP contribution in [-0.4, -0.2) is 15.0 Å². The topological polar surface area (TPSA) is 46.2 Å². The Bertz CT molecular complexity index is 740. The van der Waals surface area contributed by atoms with Crippen LogP contribution in [0.25, 0.3) is 0 Å². The molecule has 2 aromatic carbocycles. The van der Waals surface area contributed by atoms with E-state index < -0.39 is 10.0 Å². The first-order valence-electron chi connectivity index (χ1n) is 8.65. The summed E-state index contributed by atoms with van der Waals surface area (Å²) < 4.78 is 25.3. The van der Waals surface area contributed by atoms with Gasteiger partial charge in [-0.3, -0.25) is 0 Å². The van der Waals surface area contributed by atoms with Gasteiger partial charge in [-0.25, -0.2) is 13.1 Å². The van der Waals surface area contributed by atoms with Crippen LogP contribution in [0.3, 0.4) is 0 Å². The summed E-state index contributed by atoms with van der Waals surface area (Å²) in [6, 6.07) is 15.6. The lowest BCUT2D eigenvalue weighted by molar-refractivity contribution is 0.411. The summed E-state index contributed by atoms with van der Waals surface area (Å²) in [6.07, 6.45) is 1.16. The van der Waals surface area contributed by atoms with E-state index in [1.807, 2.05) is 6.92 Å². The van der Waals surface area contributed by atoms with Gasteiger partial charge >= 0.3 is 0 Å². The normalized spacial score (nSPS) is 11.6. The van der Waals surface area contributed by atoms with E-state index in [9.17, 15) is 8.42 Å². The summed E-state index contributed by atoms with van der Waals surface area (Å²) in [5.74, 6) is 0. The highest BCUT2D eigenvalue weighted by Crippen LogP contribution is 2.20. The van der Waals surface area contributed by atoms with Gasteiger partial charge in [-0.2, -0.15) is 0 Å². The SMILES string of the molecule is CCNS(=O)(=O)c1ccc(C)cc1.Cc1ccc(CC(C)(C)C)cc1. The molecule has 0 saturated heterocycles. The molecule has 3 nitrogen and oxygen atoms in total. The fraction of sp³-hybridized carbons (Fsp3) is 0.429. The third kappa shape index (κ3) is 8.32. The van der Waals surface area contributed by atoms with Crippen molar-refractivity contribution in [2.45, 2.75) is 52.9 Å². The van der Waals surface area contributed by atoms with Crippen molar-refractivity contribution in [2.75, 3.05) is 6.54 Å². The minimum atomic E-state index is -3.28. The third-order valence-corrected chi connectivity index (χ3v) is 5.08. The summed E-state index contributed by atoms with van der Waals surface area (Å²) in [5.41, 5.74) is 4.23. The van der Waals surface area contributed by atoms with Crippen molar-refractivity contribution >= 4 is 10.0 Å². The van der Waals surface area contributed by atoms with Crippen LogP contribution < -0.4 is 4.72 Å². The zero-order chi connectivity index (χ0) is 19.1. The molecule has 4 heteroatoms. The maximum absolute atomic E-state index is 11.4. The number of nitrogens with one attached hydrogen (secondary N) is 1. The second-order valence-electron chi connectivity index (χ2n) is 7.54. The van der Waals surface area contributed by atoms with Gasteiger partial charge in [0.25, 0.3) is 0 Å². The van der Waals surface area contributed by atoms with E-state index in [1.165, 1.54) is 11.1 Å².